The number of rotatable bonds is 4. The number of hydrogen-bond acceptors (Lipinski definition) is 5. The Bertz CT molecular complexity index is 702. The van der Waals surface area contributed by atoms with Crippen molar-refractivity contribution in [2.75, 3.05) is 7.11 Å². The molecule has 2 aromatic rings. The topological polar surface area (TPSA) is 85.7 Å². The summed E-state index contributed by atoms with van der Waals surface area (Å²) in [7, 11) is 1.25. The highest BCUT2D eigenvalue weighted by atomic mass is 35.5. The van der Waals surface area contributed by atoms with Crippen LogP contribution in [0.1, 0.15) is 20.7 Å². The van der Waals surface area contributed by atoms with Gasteiger partial charge in [0.25, 0.3) is 0 Å². The summed E-state index contributed by atoms with van der Waals surface area (Å²) < 4.78 is 10.1. The number of carboxylic acid groups (broad SMARTS) is 1. The highest BCUT2D eigenvalue weighted by Crippen LogP contribution is 2.32. The van der Waals surface area contributed by atoms with E-state index in [0.29, 0.717) is 0 Å². The standard InChI is InChI=1S/C14H10ClNO5/c1-20-14(19)8-2-3-10(15)12(6-8)21-11-4-5-16-7-9(11)13(17)18/h2-7H,1H3,(H,17,18). The maximum absolute atomic E-state index is 11.5. The predicted molar refractivity (Wildman–Crippen MR) is 74.1 cm³/mol. The Morgan fingerprint density at radius 1 is 1.24 bits per heavy atom. The van der Waals surface area contributed by atoms with Gasteiger partial charge in [-0.1, -0.05) is 11.6 Å². The molecule has 21 heavy (non-hydrogen) atoms. The lowest BCUT2D eigenvalue weighted by atomic mass is 10.2. The summed E-state index contributed by atoms with van der Waals surface area (Å²) in [4.78, 5) is 26.3. The molecule has 6 nitrogen and oxygen atoms in total. The monoisotopic (exact) mass is 307 g/mol. The normalized spacial score (nSPS) is 10.0. The van der Waals surface area contributed by atoms with Gasteiger partial charge in [0.15, 0.2) is 0 Å². The minimum atomic E-state index is -1.18. The molecule has 0 aliphatic carbocycles. The van der Waals surface area contributed by atoms with Gasteiger partial charge >= 0.3 is 11.9 Å². The second-order valence-electron chi connectivity index (χ2n) is 3.92. The number of halogens is 1. The lowest BCUT2D eigenvalue weighted by Crippen LogP contribution is -2.03. The number of nitrogens with zero attached hydrogens (tertiary/aromatic N) is 1. The molecule has 0 atom stereocenters. The van der Waals surface area contributed by atoms with Gasteiger partial charge in [-0.2, -0.15) is 0 Å². The number of methoxy groups -OCH3 is 1. The molecular formula is C14H10ClNO5. The van der Waals surface area contributed by atoms with Gasteiger partial charge in [-0.25, -0.2) is 9.59 Å². The number of aromatic carboxylic acids is 1. The zero-order valence-electron chi connectivity index (χ0n) is 10.9. The van der Waals surface area contributed by atoms with Crippen molar-refractivity contribution in [2.24, 2.45) is 0 Å². The predicted octanol–water partition coefficient (Wildman–Crippen LogP) is 3.01. The largest absolute Gasteiger partial charge is 0.477 e. The van der Waals surface area contributed by atoms with Crippen molar-refractivity contribution in [3.63, 3.8) is 0 Å². The minimum absolute atomic E-state index is 0.0708. The SMILES string of the molecule is COC(=O)c1ccc(Cl)c(Oc2ccncc2C(=O)O)c1. The highest BCUT2D eigenvalue weighted by molar-refractivity contribution is 6.32. The van der Waals surface area contributed by atoms with Gasteiger partial charge in [-0.15, -0.1) is 0 Å². The van der Waals surface area contributed by atoms with E-state index in [1.165, 1.54) is 37.6 Å². The van der Waals surface area contributed by atoms with Crippen LogP contribution in [0, 0.1) is 0 Å². The Kier molecular flexibility index (Phi) is 4.39. The molecule has 2 rings (SSSR count). The molecule has 0 amide bonds. The quantitative estimate of drug-likeness (QED) is 0.874. The first-order chi connectivity index (χ1) is 10.0. The molecular weight excluding hydrogens is 298 g/mol. The third kappa shape index (κ3) is 3.29. The Morgan fingerprint density at radius 2 is 2.00 bits per heavy atom. The summed E-state index contributed by atoms with van der Waals surface area (Å²) >= 11 is 5.99. The molecule has 7 heteroatoms. The number of hydrogen-bond donors (Lipinski definition) is 1. The first-order valence-corrected chi connectivity index (χ1v) is 6.13. The van der Waals surface area contributed by atoms with Crippen LogP contribution < -0.4 is 4.74 Å². The van der Waals surface area contributed by atoms with Crippen molar-refractivity contribution in [3.8, 4) is 11.5 Å². The van der Waals surface area contributed by atoms with Crippen molar-refractivity contribution >= 4 is 23.5 Å². The van der Waals surface area contributed by atoms with E-state index in [2.05, 4.69) is 9.72 Å². The number of ether oxygens (including phenoxy) is 2. The molecule has 0 aliphatic rings. The van der Waals surface area contributed by atoms with Crippen LogP contribution in [0.5, 0.6) is 11.5 Å². The summed E-state index contributed by atoms with van der Waals surface area (Å²) in [6.07, 6.45) is 2.55. The van der Waals surface area contributed by atoms with Gasteiger partial charge in [-0.05, 0) is 18.2 Å². The van der Waals surface area contributed by atoms with Gasteiger partial charge in [-0.3, -0.25) is 4.98 Å². The first kappa shape index (κ1) is 14.8. The number of esters is 1. The van der Waals surface area contributed by atoms with Crippen molar-refractivity contribution in [2.45, 2.75) is 0 Å². The molecule has 0 unspecified atom stereocenters. The molecule has 1 heterocycles. The lowest BCUT2D eigenvalue weighted by molar-refractivity contribution is 0.0599. The minimum Gasteiger partial charge on any atom is -0.477 e. The lowest BCUT2D eigenvalue weighted by Gasteiger charge is -2.10. The van der Waals surface area contributed by atoms with Crippen molar-refractivity contribution in [3.05, 3.63) is 52.8 Å². The van der Waals surface area contributed by atoms with Crippen molar-refractivity contribution < 1.29 is 24.2 Å². The average molecular weight is 308 g/mol. The fourth-order valence-corrected chi connectivity index (χ4v) is 1.73. The van der Waals surface area contributed by atoms with Crippen LogP contribution >= 0.6 is 11.6 Å². The summed E-state index contributed by atoms with van der Waals surface area (Å²) in [6.45, 7) is 0. The Hall–Kier alpha value is -2.60. The van der Waals surface area contributed by atoms with Crippen LogP contribution in [0.4, 0.5) is 0 Å². The first-order valence-electron chi connectivity index (χ1n) is 5.76. The molecule has 0 aliphatic heterocycles. The van der Waals surface area contributed by atoms with Crippen molar-refractivity contribution in [1.29, 1.82) is 0 Å². The van der Waals surface area contributed by atoms with E-state index in [4.69, 9.17) is 21.4 Å². The number of aromatic nitrogens is 1. The zero-order valence-corrected chi connectivity index (χ0v) is 11.6. The van der Waals surface area contributed by atoms with Gasteiger partial charge in [0.05, 0.1) is 17.7 Å². The maximum atomic E-state index is 11.5. The molecule has 1 aromatic heterocycles. The third-order valence-corrected chi connectivity index (χ3v) is 2.90. The van der Waals surface area contributed by atoms with Gasteiger partial charge in [0.1, 0.15) is 17.1 Å². The zero-order chi connectivity index (χ0) is 15.4. The van der Waals surface area contributed by atoms with Gasteiger partial charge < -0.3 is 14.6 Å². The number of carbonyl (C=O) groups is 2. The van der Waals surface area contributed by atoms with Crippen LogP contribution in [0.15, 0.2) is 36.7 Å². The summed E-state index contributed by atoms with van der Waals surface area (Å²) in [5, 5.41) is 9.30. The number of pyridine rings is 1. The van der Waals surface area contributed by atoms with E-state index in [1.807, 2.05) is 0 Å². The van der Waals surface area contributed by atoms with Gasteiger partial charge in [0.2, 0.25) is 0 Å². The molecule has 1 N–H and O–H groups in total. The highest BCUT2D eigenvalue weighted by Gasteiger charge is 2.15. The van der Waals surface area contributed by atoms with Crippen LogP contribution in [-0.4, -0.2) is 29.1 Å². The Labute approximate surface area is 124 Å². The molecule has 1 aromatic carbocycles. The summed E-state index contributed by atoms with van der Waals surface area (Å²) in [6, 6.07) is 5.71. The molecule has 0 saturated heterocycles. The second kappa shape index (κ2) is 6.23. The van der Waals surface area contributed by atoms with E-state index in [1.54, 1.807) is 0 Å². The molecule has 0 spiro atoms. The van der Waals surface area contributed by atoms with E-state index in [0.717, 1.165) is 6.20 Å². The van der Waals surface area contributed by atoms with E-state index < -0.39 is 11.9 Å². The van der Waals surface area contributed by atoms with E-state index >= 15 is 0 Å². The molecule has 0 radical (unpaired) electrons. The number of carbonyl (C=O) groups excluding carboxylic acids is 1. The maximum Gasteiger partial charge on any atom is 0.341 e. The van der Waals surface area contributed by atoms with Crippen molar-refractivity contribution in [1.82, 2.24) is 4.98 Å². The van der Waals surface area contributed by atoms with E-state index in [-0.39, 0.29) is 27.6 Å². The van der Waals surface area contributed by atoms with Crippen LogP contribution in [0.2, 0.25) is 5.02 Å². The summed E-state index contributed by atoms with van der Waals surface area (Å²) in [5.41, 5.74) is 0.125. The number of benzene rings is 1. The fourth-order valence-electron chi connectivity index (χ4n) is 1.58. The average Bonchev–Trinajstić information content (AvgIpc) is 2.49. The Balaban J connectivity index is 2.40. The third-order valence-electron chi connectivity index (χ3n) is 2.58. The van der Waals surface area contributed by atoms with Crippen LogP contribution in [0.3, 0.4) is 0 Å². The summed E-state index contributed by atoms with van der Waals surface area (Å²) in [5.74, 6) is -1.52. The molecule has 0 fully saturated rings. The fraction of sp³-hybridized carbons (Fsp3) is 0.0714. The van der Waals surface area contributed by atoms with Crippen LogP contribution in [0.25, 0.3) is 0 Å². The molecule has 0 bridgehead atoms. The molecule has 0 saturated carbocycles. The van der Waals surface area contributed by atoms with E-state index in [9.17, 15) is 9.59 Å². The second-order valence-corrected chi connectivity index (χ2v) is 4.32. The van der Waals surface area contributed by atoms with Gasteiger partial charge in [0, 0.05) is 18.5 Å². The Morgan fingerprint density at radius 3 is 2.67 bits per heavy atom. The molecule has 108 valence electrons. The number of carboxylic acids is 1. The smallest absolute Gasteiger partial charge is 0.341 e. The van der Waals surface area contributed by atoms with Crippen LogP contribution in [-0.2, 0) is 4.74 Å².